The molecule has 5 nitrogen and oxygen atoms in total. The first kappa shape index (κ1) is 12.6. The van der Waals surface area contributed by atoms with Crippen molar-refractivity contribution in [1.82, 2.24) is 0 Å². The van der Waals surface area contributed by atoms with Crippen LogP contribution in [-0.4, -0.2) is 17.5 Å². The van der Waals surface area contributed by atoms with Crippen molar-refractivity contribution in [2.24, 2.45) is 0 Å². The lowest BCUT2D eigenvalue weighted by molar-refractivity contribution is -0.385. The van der Waals surface area contributed by atoms with Gasteiger partial charge in [-0.05, 0) is 26.0 Å². The molecule has 0 bridgehead atoms. The van der Waals surface area contributed by atoms with Gasteiger partial charge in [0.1, 0.15) is 5.56 Å². The molecular weight excluding hydrogens is 278 g/mol. The predicted octanol–water partition coefficient (Wildman–Crippen LogP) is 2.84. The highest BCUT2D eigenvalue weighted by Gasteiger charge is 2.24. The van der Waals surface area contributed by atoms with Gasteiger partial charge in [0.15, 0.2) is 0 Å². The third kappa shape index (κ3) is 2.38. The van der Waals surface area contributed by atoms with E-state index in [-0.39, 0.29) is 17.9 Å². The number of rotatable bonds is 3. The molecule has 0 heterocycles. The van der Waals surface area contributed by atoms with Crippen LogP contribution >= 0.6 is 15.9 Å². The molecule has 6 heteroatoms. The van der Waals surface area contributed by atoms with Gasteiger partial charge < -0.3 is 4.74 Å². The zero-order valence-electron chi connectivity index (χ0n) is 8.82. The van der Waals surface area contributed by atoms with Crippen molar-refractivity contribution in [3.05, 3.63) is 37.8 Å². The Kier molecular flexibility index (Phi) is 4.00. The molecule has 0 spiro atoms. The molecule has 0 fully saturated rings. The van der Waals surface area contributed by atoms with E-state index in [1.165, 1.54) is 6.07 Å². The van der Waals surface area contributed by atoms with E-state index in [0.29, 0.717) is 10.0 Å². The van der Waals surface area contributed by atoms with Crippen molar-refractivity contribution < 1.29 is 14.5 Å². The quantitative estimate of drug-likeness (QED) is 0.487. The molecule has 0 N–H and O–H groups in total. The Labute approximate surface area is 101 Å². The van der Waals surface area contributed by atoms with E-state index >= 15 is 0 Å². The fourth-order valence-corrected chi connectivity index (χ4v) is 1.60. The molecule has 0 aliphatic carbocycles. The number of carbonyl (C=O) groups is 1. The lowest BCUT2D eigenvalue weighted by atomic mass is 10.1. The van der Waals surface area contributed by atoms with E-state index < -0.39 is 10.9 Å². The van der Waals surface area contributed by atoms with Gasteiger partial charge in [-0.25, -0.2) is 4.79 Å². The third-order valence-electron chi connectivity index (χ3n) is 2.04. The van der Waals surface area contributed by atoms with E-state index in [1.54, 1.807) is 19.9 Å². The average Bonchev–Trinajstić information content (AvgIpc) is 2.21. The SMILES string of the molecule is CCOC(=O)c1ccc(Br)c(C)c1[N+](=O)[O-]. The average molecular weight is 288 g/mol. The number of nitro groups is 1. The highest BCUT2D eigenvalue weighted by atomic mass is 79.9. The van der Waals surface area contributed by atoms with Crippen LogP contribution in [0.1, 0.15) is 22.8 Å². The Balaban J connectivity index is 3.34. The third-order valence-corrected chi connectivity index (χ3v) is 2.90. The largest absolute Gasteiger partial charge is 0.462 e. The summed E-state index contributed by atoms with van der Waals surface area (Å²) in [7, 11) is 0. The van der Waals surface area contributed by atoms with Crippen molar-refractivity contribution >= 4 is 27.6 Å². The monoisotopic (exact) mass is 287 g/mol. The van der Waals surface area contributed by atoms with Gasteiger partial charge in [0.2, 0.25) is 0 Å². The van der Waals surface area contributed by atoms with Gasteiger partial charge in [0.25, 0.3) is 5.69 Å². The van der Waals surface area contributed by atoms with Crippen LogP contribution in [-0.2, 0) is 4.74 Å². The fraction of sp³-hybridized carbons (Fsp3) is 0.300. The van der Waals surface area contributed by atoms with Crippen molar-refractivity contribution in [2.75, 3.05) is 6.61 Å². The van der Waals surface area contributed by atoms with Crippen LogP contribution in [0.4, 0.5) is 5.69 Å². The molecule has 1 aromatic rings. The first-order valence-corrected chi connectivity index (χ1v) is 5.39. The van der Waals surface area contributed by atoms with Crippen LogP contribution in [0.3, 0.4) is 0 Å². The number of halogens is 1. The van der Waals surface area contributed by atoms with Crippen LogP contribution in [0, 0.1) is 17.0 Å². The minimum absolute atomic E-state index is 0.0208. The number of nitrogens with zero attached hydrogens (tertiary/aromatic N) is 1. The number of nitro benzene ring substituents is 1. The van der Waals surface area contributed by atoms with Gasteiger partial charge in [0.05, 0.1) is 11.5 Å². The number of hydrogen-bond acceptors (Lipinski definition) is 4. The molecule has 0 saturated heterocycles. The van der Waals surface area contributed by atoms with Gasteiger partial charge in [-0.2, -0.15) is 0 Å². The number of ether oxygens (including phenoxy) is 1. The van der Waals surface area contributed by atoms with Gasteiger partial charge in [-0.3, -0.25) is 10.1 Å². The Bertz CT molecular complexity index is 445. The predicted molar refractivity (Wildman–Crippen MR) is 61.5 cm³/mol. The summed E-state index contributed by atoms with van der Waals surface area (Å²) in [6, 6.07) is 2.97. The van der Waals surface area contributed by atoms with E-state index in [2.05, 4.69) is 15.9 Å². The summed E-state index contributed by atoms with van der Waals surface area (Å²) >= 11 is 3.18. The molecular formula is C10H10BrNO4. The molecule has 0 unspecified atom stereocenters. The number of carbonyl (C=O) groups excluding carboxylic acids is 1. The van der Waals surface area contributed by atoms with Crippen LogP contribution < -0.4 is 0 Å². The standard InChI is InChI=1S/C10H10BrNO4/c1-3-16-10(13)7-4-5-8(11)6(2)9(7)12(14)15/h4-5H,3H2,1-2H3. The maximum atomic E-state index is 11.5. The first-order valence-electron chi connectivity index (χ1n) is 4.59. The highest BCUT2D eigenvalue weighted by molar-refractivity contribution is 9.10. The molecule has 0 amide bonds. The van der Waals surface area contributed by atoms with Gasteiger partial charge in [-0.15, -0.1) is 0 Å². The van der Waals surface area contributed by atoms with E-state index in [1.807, 2.05) is 0 Å². The number of hydrogen-bond donors (Lipinski definition) is 0. The Hall–Kier alpha value is -1.43. The molecule has 0 aromatic heterocycles. The van der Waals surface area contributed by atoms with E-state index in [0.717, 1.165) is 0 Å². The summed E-state index contributed by atoms with van der Waals surface area (Å²) in [6.45, 7) is 3.41. The number of esters is 1. The Morgan fingerprint density at radius 2 is 2.19 bits per heavy atom. The van der Waals surface area contributed by atoms with Crippen molar-refractivity contribution in [3.8, 4) is 0 Å². The van der Waals surface area contributed by atoms with E-state index in [9.17, 15) is 14.9 Å². The fourth-order valence-electron chi connectivity index (χ4n) is 1.28. The summed E-state index contributed by atoms with van der Waals surface area (Å²) < 4.78 is 5.34. The second kappa shape index (κ2) is 5.07. The summed E-state index contributed by atoms with van der Waals surface area (Å²) in [5, 5.41) is 10.9. The van der Waals surface area contributed by atoms with E-state index in [4.69, 9.17) is 4.74 Å². The molecule has 1 aromatic carbocycles. The lowest BCUT2D eigenvalue weighted by Gasteiger charge is -2.06. The molecule has 86 valence electrons. The normalized spacial score (nSPS) is 9.94. The summed E-state index contributed by atoms with van der Waals surface area (Å²) in [4.78, 5) is 21.8. The maximum absolute atomic E-state index is 11.5. The smallest absolute Gasteiger partial charge is 0.345 e. The second-order valence-electron chi connectivity index (χ2n) is 3.05. The second-order valence-corrected chi connectivity index (χ2v) is 3.90. The minimum atomic E-state index is -0.676. The molecule has 0 radical (unpaired) electrons. The topological polar surface area (TPSA) is 69.4 Å². The van der Waals surface area contributed by atoms with Gasteiger partial charge >= 0.3 is 5.97 Å². The Morgan fingerprint density at radius 1 is 1.56 bits per heavy atom. The number of benzene rings is 1. The zero-order chi connectivity index (χ0) is 12.3. The van der Waals surface area contributed by atoms with Crippen LogP contribution in [0.25, 0.3) is 0 Å². The minimum Gasteiger partial charge on any atom is -0.462 e. The zero-order valence-corrected chi connectivity index (χ0v) is 10.4. The molecule has 0 saturated carbocycles. The summed E-state index contributed by atoms with van der Waals surface area (Å²) in [6.07, 6.45) is 0. The Morgan fingerprint density at radius 3 is 2.69 bits per heavy atom. The van der Waals surface area contributed by atoms with Gasteiger partial charge in [0, 0.05) is 10.0 Å². The molecule has 0 aliphatic heterocycles. The molecule has 0 atom stereocenters. The van der Waals surface area contributed by atoms with Crippen LogP contribution in [0.15, 0.2) is 16.6 Å². The van der Waals surface area contributed by atoms with Crippen LogP contribution in [0.5, 0.6) is 0 Å². The van der Waals surface area contributed by atoms with Crippen molar-refractivity contribution in [1.29, 1.82) is 0 Å². The van der Waals surface area contributed by atoms with Crippen molar-refractivity contribution in [2.45, 2.75) is 13.8 Å². The maximum Gasteiger partial charge on any atom is 0.345 e. The molecule has 16 heavy (non-hydrogen) atoms. The summed E-state index contributed by atoms with van der Waals surface area (Å²) in [5.74, 6) is -0.676. The molecule has 0 aliphatic rings. The first-order chi connectivity index (χ1) is 7.49. The molecule has 1 rings (SSSR count). The van der Waals surface area contributed by atoms with Gasteiger partial charge in [-0.1, -0.05) is 15.9 Å². The summed E-state index contributed by atoms with van der Waals surface area (Å²) in [5.41, 5.74) is 0.177. The lowest BCUT2D eigenvalue weighted by Crippen LogP contribution is -2.09. The highest BCUT2D eigenvalue weighted by Crippen LogP contribution is 2.30. The van der Waals surface area contributed by atoms with Crippen LogP contribution in [0.2, 0.25) is 0 Å². The van der Waals surface area contributed by atoms with Crippen molar-refractivity contribution in [3.63, 3.8) is 0 Å².